The van der Waals surface area contributed by atoms with Crippen LogP contribution in [0.15, 0.2) is 18.2 Å². The highest BCUT2D eigenvalue weighted by molar-refractivity contribution is 7.91. The molecule has 1 aromatic carbocycles. The van der Waals surface area contributed by atoms with E-state index in [-0.39, 0.29) is 23.4 Å². The molecule has 1 aliphatic heterocycles. The summed E-state index contributed by atoms with van der Waals surface area (Å²) in [6.45, 7) is 2.73. The van der Waals surface area contributed by atoms with Crippen LogP contribution in [0.5, 0.6) is 0 Å². The quantitative estimate of drug-likeness (QED) is 0.904. The van der Waals surface area contributed by atoms with Crippen molar-refractivity contribution in [3.05, 3.63) is 35.1 Å². The second-order valence-electron chi connectivity index (χ2n) is 5.76. The molecule has 1 aliphatic rings. The molecule has 0 spiro atoms. The largest absolute Gasteiger partial charge is 0.319 e. The minimum Gasteiger partial charge on any atom is -0.319 e. The second-order valence-corrected chi connectivity index (χ2v) is 7.98. The molecule has 1 fully saturated rings. The lowest BCUT2D eigenvalue weighted by molar-refractivity contribution is 0.351. The van der Waals surface area contributed by atoms with Gasteiger partial charge in [-0.05, 0) is 68.5 Å². The second kappa shape index (κ2) is 6.22. The van der Waals surface area contributed by atoms with E-state index in [0.717, 1.165) is 30.5 Å². The molecule has 0 aliphatic carbocycles. The van der Waals surface area contributed by atoms with Gasteiger partial charge >= 0.3 is 0 Å². The summed E-state index contributed by atoms with van der Waals surface area (Å²) in [6, 6.07) is 4.82. The van der Waals surface area contributed by atoms with E-state index in [2.05, 4.69) is 5.32 Å². The van der Waals surface area contributed by atoms with Crippen LogP contribution >= 0.6 is 0 Å². The normalized spacial score (nSPS) is 22.9. The summed E-state index contributed by atoms with van der Waals surface area (Å²) < 4.78 is 36.7. The fourth-order valence-electron chi connectivity index (χ4n) is 3.01. The van der Waals surface area contributed by atoms with Gasteiger partial charge in [-0.1, -0.05) is 6.07 Å². The van der Waals surface area contributed by atoms with Gasteiger partial charge in [-0.25, -0.2) is 12.8 Å². The van der Waals surface area contributed by atoms with Crippen LogP contribution in [0, 0.1) is 24.6 Å². The van der Waals surface area contributed by atoms with E-state index < -0.39 is 9.84 Å². The van der Waals surface area contributed by atoms with Crippen LogP contribution in [-0.2, 0) is 16.3 Å². The Morgan fingerprint density at radius 1 is 1.45 bits per heavy atom. The van der Waals surface area contributed by atoms with Crippen molar-refractivity contribution in [1.29, 1.82) is 0 Å². The van der Waals surface area contributed by atoms with Crippen LogP contribution in [0.3, 0.4) is 0 Å². The number of hydrogen-bond donors (Lipinski definition) is 1. The van der Waals surface area contributed by atoms with Gasteiger partial charge in [0.25, 0.3) is 0 Å². The van der Waals surface area contributed by atoms with E-state index in [9.17, 15) is 12.8 Å². The number of rotatable bonds is 5. The standard InChI is InChI=1S/C15H22FNO2S/c1-11-3-4-15(16)8-13(11)7-14(9-17-2)12-5-6-20(18,19)10-12/h3-4,8,12,14,17H,5-7,9-10H2,1-2H3. The molecule has 2 atom stereocenters. The molecule has 0 saturated carbocycles. The molecule has 1 heterocycles. The third kappa shape index (κ3) is 3.79. The molecule has 0 amide bonds. The first-order chi connectivity index (χ1) is 9.41. The Bertz CT molecular complexity index is 571. The fraction of sp³-hybridized carbons (Fsp3) is 0.600. The van der Waals surface area contributed by atoms with Crippen molar-refractivity contribution in [3.63, 3.8) is 0 Å². The average molecular weight is 299 g/mol. The smallest absolute Gasteiger partial charge is 0.150 e. The Hall–Kier alpha value is -0.940. The maximum Gasteiger partial charge on any atom is 0.150 e. The summed E-state index contributed by atoms with van der Waals surface area (Å²) in [5, 5.41) is 3.14. The van der Waals surface area contributed by atoms with Crippen LogP contribution in [0.4, 0.5) is 4.39 Å². The lowest BCUT2D eigenvalue weighted by Crippen LogP contribution is -2.29. The number of sulfone groups is 1. The summed E-state index contributed by atoms with van der Waals surface area (Å²) in [7, 11) is -1.00. The van der Waals surface area contributed by atoms with Gasteiger partial charge in [-0.2, -0.15) is 0 Å². The third-order valence-corrected chi connectivity index (χ3v) is 5.99. The van der Waals surface area contributed by atoms with Gasteiger partial charge in [0.15, 0.2) is 9.84 Å². The highest BCUT2D eigenvalue weighted by atomic mass is 32.2. The zero-order chi connectivity index (χ0) is 14.8. The van der Waals surface area contributed by atoms with Crippen LogP contribution in [-0.4, -0.2) is 33.5 Å². The van der Waals surface area contributed by atoms with Crippen molar-refractivity contribution in [1.82, 2.24) is 5.32 Å². The van der Waals surface area contributed by atoms with Gasteiger partial charge < -0.3 is 5.32 Å². The maximum atomic E-state index is 13.4. The Morgan fingerprint density at radius 2 is 2.20 bits per heavy atom. The minimum absolute atomic E-state index is 0.176. The van der Waals surface area contributed by atoms with E-state index in [1.165, 1.54) is 6.07 Å². The zero-order valence-electron chi connectivity index (χ0n) is 12.0. The number of hydrogen-bond acceptors (Lipinski definition) is 3. The molecule has 0 bridgehead atoms. The van der Waals surface area contributed by atoms with E-state index in [0.29, 0.717) is 5.75 Å². The van der Waals surface area contributed by atoms with Crippen molar-refractivity contribution >= 4 is 9.84 Å². The van der Waals surface area contributed by atoms with Gasteiger partial charge in [0.1, 0.15) is 5.82 Å². The molecule has 2 unspecified atom stereocenters. The molecule has 5 heteroatoms. The van der Waals surface area contributed by atoms with Crippen LogP contribution in [0.2, 0.25) is 0 Å². The van der Waals surface area contributed by atoms with Gasteiger partial charge in [0.2, 0.25) is 0 Å². The number of aryl methyl sites for hydroxylation is 1. The highest BCUT2D eigenvalue weighted by Gasteiger charge is 2.33. The molecule has 2 rings (SSSR count). The Balaban J connectivity index is 2.15. The monoisotopic (exact) mass is 299 g/mol. The van der Waals surface area contributed by atoms with Crippen molar-refractivity contribution in [2.75, 3.05) is 25.1 Å². The number of benzene rings is 1. The molecule has 1 N–H and O–H groups in total. The van der Waals surface area contributed by atoms with Crippen molar-refractivity contribution in [2.45, 2.75) is 19.8 Å². The molecular weight excluding hydrogens is 277 g/mol. The van der Waals surface area contributed by atoms with Crippen molar-refractivity contribution < 1.29 is 12.8 Å². The van der Waals surface area contributed by atoms with Crippen molar-refractivity contribution in [3.8, 4) is 0 Å². The predicted molar refractivity (Wildman–Crippen MR) is 79.0 cm³/mol. The molecule has 1 aromatic rings. The fourth-order valence-corrected chi connectivity index (χ4v) is 4.93. The van der Waals surface area contributed by atoms with Gasteiger partial charge in [0.05, 0.1) is 11.5 Å². The lowest BCUT2D eigenvalue weighted by Gasteiger charge is -2.23. The van der Waals surface area contributed by atoms with E-state index >= 15 is 0 Å². The number of nitrogens with one attached hydrogen (secondary N) is 1. The first-order valence-electron chi connectivity index (χ1n) is 7.01. The summed E-state index contributed by atoms with van der Waals surface area (Å²) >= 11 is 0. The van der Waals surface area contributed by atoms with E-state index in [1.54, 1.807) is 12.1 Å². The van der Waals surface area contributed by atoms with Gasteiger partial charge in [-0.3, -0.25) is 0 Å². The highest BCUT2D eigenvalue weighted by Crippen LogP contribution is 2.29. The summed E-state index contributed by atoms with van der Waals surface area (Å²) in [5.74, 6) is 0.744. The number of halogens is 1. The van der Waals surface area contributed by atoms with Crippen LogP contribution < -0.4 is 5.32 Å². The third-order valence-electron chi connectivity index (χ3n) is 4.19. The van der Waals surface area contributed by atoms with Crippen molar-refractivity contribution in [2.24, 2.45) is 11.8 Å². The maximum absolute atomic E-state index is 13.4. The summed E-state index contributed by atoms with van der Waals surface area (Å²) in [5.41, 5.74) is 2.04. The molecule has 1 saturated heterocycles. The van der Waals surface area contributed by atoms with E-state index in [1.807, 2.05) is 14.0 Å². The minimum atomic E-state index is -2.87. The molecule has 20 heavy (non-hydrogen) atoms. The summed E-state index contributed by atoms with van der Waals surface area (Å²) in [4.78, 5) is 0. The molecular formula is C15H22FNO2S. The molecule has 3 nitrogen and oxygen atoms in total. The first kappa shape index (κ1) is 15.4. The Morgan fingerprint density at radius 3 is 2.80 bits per heavy atom. The Kier molecular flexibility index (Phi) is 4.81. The Labute approximate surface area is 120 Å². The van der Waals surface area contributed by atoms with Gasteiger partial charge in [0, 0.05) is 0 Å². The van der Waals surface area contributed by atoms with E-state index in [4.69, 9.17) is 0 Å². The first-order valence-corrected chi connectivity index (χ1v) is 8.83. The van der Waals surface area contributed by atoms with Crippen LogP contribution in [0.25, 0.3) is 0 Å². The SMILES string of the molecule is CNCC(Cc1cc(F)ccc1C)C1CCS(=O)(=O)C1. The predicted octanol–water partition coefficient (Wildman–Crippen LogP) is 1.95. The average Bonchev–Trinajstić information content (AvgIpc) is 2.73. The summed E-state index contributed by atoms with van der Waals surface area (Å²) in [6.07, 6.45) is 1.45. The molecule has 0 radical (unpaired) electrons. The van der Waals surface area contributed by atoms with Crippen LogP contribution in [0.1, 0.15) is 17.5 Å². The molecule has 0 aromatic heterocycles. The molecule has 112 valence electrons. The topological polar surface area (TPSA) is 46.2 Å². The van der Waals surface area contributed by atoms with Gasteiger partial charge in [-0.15, -0.1) is 0 Å². The lowest BCUT2D eigenvalue weighted by atomic mass is 9.85. The zero-order valence-corrected chi connectivity index (χ0v) is 12.8.